The van der Waals surface area contributed by atoms with Crippen LogP contribution in [0.4, 0.5) is 0 Å². The second-order valence-corrected chi connectivity index (χ2v) is 6.31. The topological polar surface area (TPSA) is 81.6 Å². The molecule has 0 N–H and O–H groups in total. The second-order valence-electron chi connectivity index (χ2n) is 6.31. The van der Waals surface area contributed by atoms with E-state index in [9.17, 15) is 4.79 Å². The lowest BCUT2D eigenvalue weighted by Crippen LogP contribution is -2.42. The maximum atomic E-state index is 12.7. The van der Waals surface area contributed by atoms with Gasteiger partial charge < -0.3 is 18.5 Å². The number of morpholine rings is 1. The fourth-order valence-corrected chi connectivity index (χ4v) is 2.73. The Bertz CT molecular complexity index is 719. The van der Waals surface area contributed by atoms with Crippen LogP contribution in [0, 0.1) is 6.92 Å². The van der Waals surface area contributed by atoms with Gasteiger partial charge in [0.15, 0.2) is 11.9 Å². The number of amides is 1. The Morgan fingerprint density at radius 2 is 2.17 bits per heavy atom. The molecule has 0 saturated carbocycles. The van der Waals surface area contributed by atoms with Crippen LogP contribution in [-0.4, -0.2) is 40.7 Å². The van der Waals surface area contributed by atoms with Crippen LogP contribution in [0.15, 0.2) is 14.9 Å². The predicted octanol–water partition coefficient (Wildman–Crippen LogP) is 2.87. The molecule has 130 valence electrons. The first-order valence-corrected chi connectivity index (χ1v) is 8.33. The molecule has 0 unspecified atom stereocenters. The minimum absolute atomic E-state index is 0.130. The van der Waals surface area contributed by atoms with E-state index in [0.717, 1.165) is 17.7 Å². The zero-order valence-electron chi connectivity index (χ0n) is 14.5. The average Bonchev–Trinajstić information content (AvgIpc) is 3.21. The smallest absolute Gasteiger partial charge is 0.289 e. The monoisotopic (exact) mass is 333 g/mol. The standard InChI is InChI=1S/C17H23N3O4/c1-5-12-11(4)8-13(23-12)17(21)20-6-7-22-14(9-20)16-19-18-15(24-16)10(2)3/h8,10,14H,5-7,9H2,1-4H3/t14-/m0/s1. The number of hydrogen-bond donors (Lipinski definition) is 0. The van der Waals surface area contributed by atoms with Gasteiger partial charge in [0.05, 0.1) is 13.2 Å². The van der Waals surface area contributed by atoms with Crippen LogP contribution >= 0.6 is 0 Å². The Balaban J connectivity index is 1.73. The maximum Gasteiger partial charge on any atom is 0.289 e. The maximum absolute atomic E-state index is 12.7. The minimum atomic E-state index is -0.399. The van der Waals surface area contributed by atoms with Gasteiger partial charge in [0.25, 0.3) is 5.91 Å². The van der Waals surface area contributed by atoms with Crippen molar-refractivity contribution in [1.82, 2.24) is 15.1 Å². The third-order valence-corrected chi connectivity index (χ3v) is 4.13. The molecule has 1 saturated heterocycles. The Hall–Kier alpha value is -2.15. The second kappa shape index (κ2) is 6.76. The highest BCUT2D eigenvalue weighted by Gasteiger charge is 2.31. The van der Waals surface area contributed by atoms with E-state index in [2.05, 4.69) is 10.2 Å². The van der Waals surface area contributed by atoms with E-state index in [-0.39, 0.29) is 11.8 Å². The van der Waals surface area contributed by atoms with Gasteiger partial charge in [-0.1, -0.05) is 20.8 Å². The van der Waals surface area contributed by atoms with Gasteiger partial charge in [0.2, 0.25) is 11.8 Å². The van der Waals surface area contributed by atoms with Crippen LogP contribution in [0.3, 0.4) is 0 Å². The van der Waals surface area contributed by atoms with Crippen LogP contribution < -0.4 is 0 Å². The summed E-state index contributed by atoms with van der Waals surface area (Å²) in [6, 6.07) is 1.80. The number of rotatable bonds is 4. The third-order valence-electron chi connectivity index (χ3n) is 4.13. The van der Waals surface area contributed by atoms with E-state index in [0.29, 0.717) is 37.2 Å². The van der Waals surface area contributed by atoms with Crippen molar-refractivity contribution in [2.24, 2.45) is 0 Å². The summed E-state index contributed by atoms with van der Waals surface area (Å²) < 4.78 is 17.0. The highest BCUT2D eigenvalue weighted by atomic mass is 16.5. The number of aryl methyl sites for hydroxylation is 2. The summed E-state index contributed by atoms with van der Waals surface area (Å²) in [6.45, 7) is 9.25. The zero-order valence-corrected chi connectivity index (χ0v) is 14.5. The van der Waals surface area contributed by atoms with E-state index in [1.807, 2.05) is 27.7 Å². The minimum Gasteiger partial charge on any atom is -0.456 e. The normalized spacial score (nSPS) is 18.4. The first-order chi connectivity index (χ1) is 11.5. The summed E-state index contributed by atoms with van der Waals surface area (Å²) in [6.07, 6.45) is 0.370. The average molecular weight is 333 g/mol. The molecule has 0 bridgehead atoms. The van der Waals surface area contributed by atoms with Crippen molar-refractivity contribution in [3.8, 4) is 0 Å². The van der Waals surface area contributed by atoms with Crippen molar-refractivity contribution in [3.63, 3.8) is 0 Å². The Morgan fingerprint density at radius 1 is 1.38 bits per heavy atom. The largest absolute Gasteiger partial charge is 0.456 e. The van der Waals surface area contributed by atoms with Crippen LogP contribution in [-0.2, 0) is 11.2 Å². The summed E-state index contributed by atoms with van der Waals surface area (Å²) in [5.41, 5.74) is 1.00. The number of furan rings is 1. The van der Waals surface area contributed by atoms with E-state index < -0.39 is 6.10 Å². The number of hydrogen-bond acceptors (Lipinski definition) is 6. The molecule has 0 radical (unpaired) electrons. The quantitative estimate of drug-likeness (QED) is 0.856. The molecule has 2 aromatic rings. The number of nitrogens with zero attached hydrogens (tertiary/aromatic N) is 3. The fraction of sp³-hybridized carbons (Fsp3) is 0.588. The van der Waals surface area contributed by atoms with Crippen LogP contribution in [0.2, 0.25) is 0 Å². The summed E-state index contributed by atoms with van der Waals surface area (Å²) in [7, 11) is 0. The van der Waals surface area contributed by atoms with Gasteiger partial charge in [0.1, 0.15) is 5.76 Å². The van der Waals surface area contributed by atoms with Gasteiger partial charge in [-0.25, -0.2) is 0 Å². The highest BCUT2D eigenvalue weighted by molar-refractivity contribution is 5.91. The highest BCUT2D eigenvalue weighted by Crippen LogP contribution is 2.25. The number of aromatic nitrogens is 2. The van der Waals surface area contributed by atoms with Crippen molar-refractivity contribution in [3.05, 3.63) is 34.9 Å². The molecule has 1 aliphatic rings. The molecular formula is C17H23N3O4. The van der Waals surface area contributed by atoms with Gasteiger partial charge in [-0.05, 0) is 18.6 Å². The molecule has 7 nitrogen and oxygen atoms in total. The van der Waals surface area contributed by atoms with E-state index >= 15 is 0 Å². The summed E-state index contributed by atoms with van der Waals surface area (Å²) in [4.78, 5) is 14.4. The first kappa shape index (κ1) is 16.7. The van der Waals surface area contributed by atoms with Crippen molar-refractivity contribution < 1.29 is 18.4 Å². The lowest BCUT2D eigenvalue weighted by molar-refractivity contribution is -0.0359. The Labute approximate surface area is 141 Å². The first-order valence-electron chi connectivity index (χ1n) is 8.33. The van der Waals surface area contributed by atoms with E-state index in [1.54, 1.807) is 11.0 Å². The number of carbonyl (C=O) groups excluding carboxylic acids is 1. The van der Waals surface area contributed by atoms with Gasteiger partial charge in [-0.3, -0.25) is 4.79 Å². The van der Waals surface area contributed by atoms with Gasteiger partial charge >= 0.3 is 0 Å². The molecule has 7 heteroatoms. The molecule has 0 aliphatic carbocycles. The van der Waals surface area contributed by atoms with Crippen molar-refractivity contribution in [2.45, 2.75) is 46.1 Å². The van der Waals surface area contributed by atoms with Gasteiger partial charge in [-0.15, -0.1) is 10.2 Å². The molecule has 0 spiro atoms. The zero-order chi connectivity index (χ0) is 17.3. The van der Waals surface area contributed by atoms with Gasteiger partial charge in [0, 0.05) is 18.9 Å². The molecule has 0 aromatic carbocycles. The van der Waals surface area contributed by atoms with Crippen molar-refractivity contribution in [1.29, 1.82) is 0 Å². The SMILES string of the molecule is CCc1oc(C(=O)N2CCO[C@H](c3nnc(C(C)C)o3)C2)cc1C. The molecule has 1 amide bonds. The lowest BCUT2D eigenvalue weighted by Gasteiger charge is -2.30. The van der Waals surface area contributed by atoms with E-state index in [4.69, 9.17) is 13.6 Å². The third kappa shape index (κ3) is 3.21. The van der Waals surface area contributed by atoms with Crippen LogP contribution in [0.1, 0.15) is 66.5 Å². The molecule has 24 heavy (non-hydrogen) atoms. The summed E-state index contributed by atoms with van der Waals surface area (Å²) >= 11 is 0. The van der Waals surface area contributed by atoms with Crippen LogP contribution in [0.5, 0.6) is 0 Å². The lowest BCUT2D eigenvalue weighted by atomic mass is 10.2. The summed E-state index contributed by atoms with van der Waals surface area (Å²) in [5, 5.41) is 8.08. The number of carbonyl (C=O) groups is 1. The Morgan fingerprint density at radius 3 is 2.79 bits per heavy atom. The van der Waals surface area contributed by atoms with Crippen molar-refractivity contribution >= 4 is 5.91 Å². The molecule has 2 aromatic heterocycles. The molecular weight excluding hydrogens is 310 g/mol. The Kier molecular flexibility index (Phi) is 4.71. The molecule has 1 aliphatic heterocycles. The number of ether oxygens (including phenoxy) is 1. The van der Waals surface area contributed by atoms with Gasteiger partial charge in [-0.2, -0.15) is 0 Å². The van der Waals surface area contributed by atoms with Crippen molar-refractivity contribution in [2.75, 3.05) is 19.7 Å². The summed E-state index contributed by atoms with van der Waals surface area (Å²) in [5.74, 6) is 2.24. The fourth-order valence-electron chi connectivity index (χ4n) is 2.73. The predicted molar refractivity (Wildman–Crippen MR) is 85.8 cm³/mol. The van der Waals surface area contributed by atoms with Crippen LogP contribution in [0.25, 0.3) is 0 Å². The molecule has 1 atom stereocenters. The molecule has 3 heterocycles. The van der Waals surface area contributed by atoms with E-state index in [1.165, 1.54) is 0 Å². The molecule has 1 fully saturated rings. The molecule has 3 rings (SSSR count).